The largest absolute Gasteiger partial charge is 0.464 e. The van der Waals surface area contributed by atoms with Gasteiger partial charge in [0, 0.05) is 0 Å². The van der Waals surface area contributed by atoms with Crippen molar-refractivity contribution >= 4 is 29.1 Å². The Kier molecular flexibility index (Phi) is 3.85. The van der Waals surface area contributed by atoms with Crippen LogP contribution in [0.5, 0.6) is 0 Å². The van der Waals surface area contributed by atoms with Crippen molar-refractivity contribution in [3.8, 4) is 0 Å². The van der Waals surface area contributed by atoms with Gasteiger partial charge in [0.25, 0.3) is 0 Å². The van der Waals surface area contributed by atoms with Gasteiger partial charge < -0.3 is 15.8 Å². The fourth-order valence-electron chi connectivity index (χ4n) is 1.37. The lowest BCUT2D eigenvalue weighted by Gasteiger charge is -2.17. The van der Waals surface area contributed by atoms with E-state index in [1.165, 1.54) is 0 Å². The lowest BCUT2D eigenvalue weighted by atomic mass is 10.1. The van der Waals surface area contributed by atoms with Crippen LogP contribution in [0.1, 0.15) is 26.7 Å². The quantitative estimate of drug-likeness (QED) is 0.530. The van der Waals surface area contributed by atoms with Crippen molar-refractivity contribution in [2.75, 3.05) is 6.61 Å². The number of rotatable bonds is 5. The van der Waals surface area contributed by atoms with Crippen molar-refractivity contribution in [2.24, 2.45) is 11.1 Å². The summed E-state index contributed by atoms with van der Waals surface area (Å²) >= 11 is 4.84. The molecule has 0 aromatic heterocycles. The summed E-state index contributed by atoms with van der Waals surface area (Å²) < 4.78 is 4.78. The fourth-order valence-corrected chi connectivity index (χ4v) is 1.67. The molecule has 16 heavy (non-hydrogen) atoms. The van der Waals surface area contributed by atoms with Gasteiger partial charge in [-0.25, -0.2) is 4.79 Å². The molecule has 1 unspecified atom stereocenters. The molecule has 6 heteroatoms. The summed E-state index contributed by atoms with van der Waals surface area (Å²) in [6.45, 7) is 3.58. The number of ether oxygens (including phenoxy) is 1. The highest BCUT2D eigenvalue weighted by molar-refractivity contribution is 7.80. The minimum absolute atomic E-state index is 0.195. The van der Waals surface area contributed by atoms with E-state index in [2.05, 4.69) is 5.32 Å². The lowest BCUT2D eigenvalue weighted by molar-refractivity contribution is -0.147. The number of esters is 1. The number of carbonyl (C=O) groups excluding carboxylic acids is 2. The smallest absolute Gasteiger partial charge is 0.328 e. The van der Waals surface area contributed by atoms with E-state index in [-0.39, 0.29) is 10.9 Å². The van der Waals surface area contributed by atoms with Gasteiger partial charge in [-0.05, 0) is 26.7 Å². The van der Waals surface area contributed by atoms with E-state index >= 15 is 0 Å². The van der Waals surface area contributed by atoms with Crippen LogP contribution in [0.15, 0.2) is 0 Å². The van der Waals surface area contributed by atoms with Crippen LogP contribution >= 0.6 is 12.2 Å². The summed E-state index contributed by atoms with van der Waals surface area (Å²) in [5, 5.41) is 2.57. The Morgan fingerprint density at radius 2 is 2.12 bits per heavy atom. The molecule has 1 saturated carbocycles. The van der Waals surface area contributed by atoms with Gasteiger partial charge in [-0.3, -0.25) is 4.79 Å². The molecule has 1 amide bonds. The van der Waals surface area contributed by atoms with Crippen LogP contribution in [0.3, 0.4) is 0 Å². The number of nitrogens with two attached hydrogens (primary N) is 1. The average molecular weight is 244 g/mol. The van der Waals surface area contributed by atoms with Gasteiger partial charge in [0.1, 0.15) is 6.04 Å². The first-order valence-corrected chi connectivity index (χ1v) is 5.62. The van der Waals surface area contributed by atoms with Crippen LogP contribution in [-0.2, 0) is 14.3 Å². The molecular weight excluding hydrogens is 228 g/mol. The van der Waals surface area contributed by atoms with Crippen LogP contribution in [-0.4, -0.2) is 29.5 Å². The van der Waals surface area contributed by atoms with E-state index in [1.807, 2.05) is 0 Å². The molecule has 0 aromatic carbocycles. The first-order chi connectivity index (χ1) is 7.44. The van der Waals surface area contributed by atoms with Crippen molar-refractivity contribution in [3.63, 3.8) is 0 Å². The van der Waals surface area contributed by atoms with Gasteiger partial charge in [-0.2, -0.15) is 0 Å². The lowest BCUT2D eigenvalue weighted by Crippen LogP contribution is -2.46. The van der Waals surface area contributed by atoms with E-state index in [9.17, 15) is 9.59 Å². The number of amides is 1. The highest BCUT2D eigenvalue weighted by atomic mass is 32.1. The standard InChI is InChI=1S/C10H16N2O3S/c1-3-15-7(13)6(2)12-9(14)10(4-5-10)8(11)16/h6H,3-5H2,1-2H3,(H2,11,16)(H,12,14). The maximum atomic E-state index is 11.8. The average Bonchev–Trinajstić information content (AvgIpc) is 2.98. The molecule has 1 fully saturated rings. The summed E-state index contributed by atoms with van der Waals surface area (Å²) in [6, 6.07) is -0.667. The van der Waals surface area contributed by atoms with Crippen molar-refractivity contribution in [3.05, 3.63) is 0 Å². The monoisotopic (exact) mass is 244 g/mol. The van der Waals surface area contributed by atoms with E-state index < -0.39 is 17.4 Å². The Balaban J connectivity index is 2.52. The van der Waals surface area contributed by atoms with Crippen molar-refractivity contribution < 1.29 is 14.3 Å². The molecule has 1 aliphatic carbocycles. The number of hydrogen-bond donors (Lipinski definition) is 2. The molecule has 1 atom stereocenters. The minimum atomic E-state index is -0.726. The highest BCUT2D eigenvalue weighted by Crippen LogP contribution is 2.46. The summed E-state index contributed by atoms with van der Waals surface area (Å²) in [5.74, 6) is -0.727. The minimum Gasteiger partial charge on any atom is -0.464 e. The van der Waals surface area contributed by atoms with E-state index in [0.29, 0.717) is 19.4 Å². The predicted octanol–water partition coefficient (Wildman–Crippen LogP) is 0.120. The summed E-state index contributed by atoms with van der Waals surface area (Å²) in [7, 11) is 0. The second-order valence-corrected chi connectivity index (χ2v) is 4.33. The van der Waals surface area contributed by atoms with Gasteiger partial charge in [0.05, 0.1) is 17.0 Å². The third-order valence-corrected chi connectivity index (χ3v) is 3.03. The molecule has 0 heterocycles. The molecule has 1 rings (SSSR count). The molecule has 5 nitrogen and oxygen atoms in total. The predicted molar refractivity (Wildman–Crippen MR) is 62.7 cm³/mol. The molecule has 0 spiro atoms. The zero-order valence-corrected chi connectivity index (χ0v) is 10.2. The Hall–Kier alpha value is -1.17. The molecule has 0 aliphatic heterocycles. The molecule has 0 bridgehead atoms. The Labute approximate surface area is 99.7 Å². The van der Waals surface area contributed by atoms with Crippen LogP contribution in [0.4, 0.5) is 0 Å². The van der Waals surface area contributed by atoms with Gasteiger partial charge in [-0.1, -0.05) is 12.2 Å². The van der Waals surface area contributed by atoms with Crippen LogP contribution < -0.4 is 11.1 Å². The third kappa shape index (κ3) is 2.49. The number of nitrogens with one attached hydrogen (secondary N) is 1. The van der Waals surface area contributed by atoms with Crippen molar-refractivity contribution in [1.82, 2.24) is 5.32 Å². The summed E-state index contributed by atoms with van der Waals surface area (Å²) in [5.41, 5.74) is 4.77. The van der Waals surface area contributed by atoms with Gasteiger partial charge in [0.15, 0.2) is 0 Å². The van der Waals surface area contributed by atoms with Crippen LogP contribution in [0, 0.1) is 5.41 Å². The Morgan fingerprint density at radius 3 is 2.50 bits per heavy atom. The first kappa shape index (κ1) is 12.9. The normalized spacial score (nSPS) is 18.4. The number of thiocarbonyl (C=S) groups is 1. The number of carbonyl (C=O) groups is 2. The fraction of sp³-hybridized carbons (Fsp3) is 0.700. The second-order valence-electron chi connectivity index (χ2n) is 3.89. The topological polar surface area (TPSA) is 81.4 Å². The molecule has 90 valence electrons. The Morgan fingerprint density at radius 1 is 1.56 bits per heavy atom. The van der Waals surface area contributed by atoms with Crippen LogP contribution in [0.25, 0.3) is 0 Å². The molecule has 0 radical (unpaired) electrons. The SMILES string of the molecule is CCOC(=O)C(C)NC(=O)C1(C(N)=S)CC1. The van der Waals surface area contributed by atoms with Crippen molar-refractivity contribution in [2.45, 2.75) is 32.7 Å². The number of hydrogen-bond acceptors (Lipinski definition) is 4. The maximum Gasteiger partial charge on any atom is 0.328 e. The summed E-state index contributed by atoms with van der Waals surface area (Å²) in [4.78, 5) is 23.3. The van der Waals surface area contributed by atoms with E-state index in [1.54, 1.807) is 13.8 Å². The summed E-state index contributed by atoms with van der Waals surface area (Å²) in [6.07, 6.45) is 1.31. The molecule has 3 N–H and O–H groups in total. The van der Waals surface area contributed by atoms with E-state index in [4.69, 9.17) is 22.7 Å². The zero-order chi connectivity index (χ0) is 12.3. The Bertz CT molecular complexity index is 326. The van der Waals surface area contributed by atoms with Crippen molar-refractivity contribution in [1.29, 1.82) is 0 Å². The third-order valence-electron chi connectivity index (χ3n) is 2.64. The molecule has 0 saturated heterocycles. The molecular formula is C10H16N2O3S. The molecule has 1 aliphatic rings. The zero-order valence-electron chi connectivity index (χ0n) is 9.41. The van der Waals surface area contributed by atoms with Gasteiger partial charge in [0.2, 0.25) is 5.91 Å². The van der Waals surface area contributed by atoms with Crippen LogP contribution in [0.2, 0.25) is 0 Å². The first-order valence-electron chi connectivity index (χ1n) is 5.21. The van der Waals surface area contributed by atoms with Gasteiger partial charge in [-0.15, -0.1) is 0 Å². The van der Waals surface area contributed by atoms with Gasteiger partial charge >= 0.3 is 5.97 Å². The molecule has 0 aromatic rings. The maximum absolute atomic E-state index is 11.8. The highest BCUT2D eigenvalue weighted by Gasteiger charge is 2.53. The van der Waals surface area contributed by atoms with E-state index in [0.717, 1.165) is 0 Å². The second kappa shape index (κ2) is 4.78.